The van der Waals surface area contributed by atoms with Crippen LogP contribution >= 0.6 is 11.6 Å². The number of benzene rings is 3. The van der Waals surface area contributed by atoms with Gasteiger partial charge in [0, 0.05) is 36.2 Å². The molecule has 42 heavy (non-hydrogen) atoms. The Labute approximate surface area is 250 Å². The van der Waals surface area contributed by atoms with Crippen LogP contribution < -0.4 is 9.62 Å². The van der Waals surface area contributed by atoms with Crippen LogP contribution in [0.4, 0.5) is 11.4 Å². The van der Waals surface area contributed by atoms with E-state index in [9.17, 15) is 28.1 Å². The van der Waals surface area contributed by atoms with Gasteiger partial charge in [-0.1, -0.05) is 79.0 Å². The molecule has 1 aliphatic carbocycles. The fourth-order valence-electron chi connectivity index (χ4n) is 5.11. The summed E-state index contributed by atoms with van der Waals surface area (Å²) in [5, 5.41) is 14.9. The summed E-state index contributed by atoms with van der Waals surface area (Å²) in [6, 6.07) is 20.3. The smallest absolute Gasteiger partial charge is 0.271 e. The van der Waals surface area contributed by atoms with Gasteiger partial charge in [0.05, 0.1) is 16.9 Å². The molecule has 12 heteroatoms. The topological polar surface area (TPSA) is 130 Å². The van der Waals surface area contributed by atoms with E-state index in [1.54, 1.807) is 24.3 Å². The number of nitro groups is 1. The van der Waals surface area contributed by atoms with Crippen LogP contribution in [0.3, 0.4) is 0 Å². The number of sulfonamides is 1. The number of anilines is 1. The van der Waals surface area contributed by atoms with Gasteiger partial charge in [-0.3, -0.25) is 24.0 Å². The highest BCUT2D eigenvalue weighted by molar-refractivity contribution is 7.92. The van der Waals surface area contributed by atoms with Gasteiger partial charge >= 0.3 is 0 Å². The molecule has 0 aromatic heterocycles. The van der Waals surface area contributed by atoms with Crippen LogP contribution in [0.1, 0.15) is 36.8 Å². The largest absolute Gasteiger partial charge is 0.352 e. The number of halogens is 1. The van der Waals surface area contributed by atoms with Crippen molar-refractivity contribution in [3.05, 3.63) is 105 Å². The van der Waals surface area contributed by atoms with E-state index in [0.29, 0.717) is 10.6 Å². The Balaban J connectivity index is 1.74. The molecular formula is C30H33ClN4O6S. The third-order valence-electron chi connectivity index (χ3n) is 7.28. The zero-order valence-electron chi connectivity index (χ0n) is 23.2. The number of nitro benzene ring substituents is 1. The Bertz CT molecular complexity index is 1530. The maximum absolute atomic E-state index is 14.1. The summed E-state index contributed by atoms with van der Waals surface area (Å²) in [6.45, 7) is -0.729. The number of nitrogens with one attached hydrogen (secondary N) is 1. The number of hydrogen-bond donors (Lipinski definition) is 1. The van der Waals surface area contributed by atoms with E-state index in [0.717, 1.165) is 47.9 Å². The Hall–Kier alpha value is -3.96. The van der Waals surface area contributed by atoms with Gasteiger partial charge in [-0.15, -0.1) is 0 Å². The molecule has 10 nitrogen and oxygen atoms in total. The number of carbonyl (C=O) groups is 2. The minimum Gasteiger partial charge on any atom is -0.352 e. The number of nitrogens with zero attached hydrogens (tertiary/aromatic N) is 3. The molecule has 1 fully saturated rings. The number of carbonyl (C=O) groups excluding carboxylic acids is 2. The van der Waals surface area contributed by atoms with Gasteiger partial charge < -0.3 is 10.2 Å². The van der Waals surface area contributed by atoms with Crippen LogP contribution in [0.5, 0.6) is 0 Å². The van der Waals surface area contributed by atoms with Crippen LogP contribution in [-0.4, -0.2) is 54.9 Å². The summed E-state index contributed by atoms with van der Waals surface area (Å²) >= 11 is 6.47. The van der Waals surface area contributed by atoms with E-state index in [1.165, 1.54) is 23.1 Å². The first-order valence-corrected chi connectivity index (χ1v) is 15.8. The second kappa shape index (κ2) is 13.8. The molecule has 0 bridgehead atoms. The lowest BCUT2D eigenvalue weighted by atomic mass is 10.0. The average Bonchev–Trinajstić information content (AvgIpc) is 3.47. The van der Waals surface area contributed by atoms with E-state index in [4.69, 9.17) is 11.6 Å². The van der Waals surface area contributed by atoms with Crippen molar-refractivity contribution >= 4 is 44.8 Å². The van der Waals surface area contributed by atoms with Gasteiger partial charge in [0.1, 0.15) is 12.6 Å². The zero-order chi connectivity index (χ0) is 30.3. The summed E-state index contributed by atoms with van der Waals surface area (Å²) in [5.74, 6) is -0.998. The van der Waals surface area contributed by atoms with Gasteiger partial charge in [0.25, 0.3) is 5.69 Å². The summed E-state index contributed by atoms with van der Waals surface area (Å²) in [6.07, 6.45) is 4.80. The second-order valence-electron chi connectivity index (χ2n) is 10.4. The van der Waals surface area contributed by atoms with Crippen molar-refractivity contribution in [3.8, 4) is 0 Å². The van der Waals surface area contributed by atoms with Crippen molar-refractivity contribution in [2.24, 2.45) is 0 Å². The Kier molecular flexibility index (Phi) is 10.2. The van der Waals surface area contributed by atoms with E-state index in [2.05, 4.69) is 5.32 Å². The molecule has 0 aliphatic heterocycles. The lowest BCUT2D eigenvalue weighted by Crippen LogP contribution is -2.54. The van der Waals surface area contributed by atoms with Crippen molar-refractivity contribution in [1.82, 2.24) is 10.2 Å². The highest BCUT2D eigenvalue weighted by Crippen LogP contribution is 2.26. The molecule has 0 heterocycles. The Morgan fingerprint density at radius 3 is 2.33 bits per heavy atom. The normalized spacial score (nSPS) is 14.2. The summed E-state index contributed by atoms with van der Waals surface area (Å²) in [5.41, 5.74) is 1.05. The molecule has 0 saturated heterocycles. The highest BCUT2D eigenvalue weighted by atomic mass is 35.5. The summed E-state index contributed by atoms with van der Waals surface area (Å²) in [7, 11) is -4.06. The SMILES string of the molecule is CS(=O)(=O)N(CC(=O)N(Cc1ccccc1Cl)C(Cc1ccccc1)C(=O)NC1CCCC1)c1cccc([N+](=O)[O-])c1. The lowest BCUT2D eigenvalue weighted by molar-refractivity contribution is -0.384. The van der Waals surface area contributed by atoms with Crippen molar-refractivity contribution in [1.29, 1.82) is 0 Å². The fraction of sp³-hybridized carbons (Fsp3) is 0.333. The van der Waals surface area contributed by atoms with E-state index < -0.39 is 33.4 Å². The zero-order valence-corrected chi connectivity index (χ0v) is 24.8. The second-order valence-corrected chi connectivity index (χ2v) is 12.7. The molecule has 2 amide bonds. The Morgan fingerprint density at radius 1 is 1.02 bits per heavy atom. The standard InChI is InChI=1S/C30H33ClN4O6S/c1-42(40,41)34(25-15-9-16-26(19-25)35(38)39)21-29(36)33(20-23-12-5-8-17-27(23)31)28(18-22-10-3-2-4-11-22)30(37)32-24-13-6-7-14-24/h2-5,8-12,15-17,19,24,28H,6-7,13-14,18,20-21H2,1H3,(H,32,37). The first-order valence-electron chi connectivity index (χ1n) is 13.6. The molecule has 3 aromatic carbocycles. The van der Waals surface area contributed by atoms with Crippen molar-refractivity contribution in [3.63, 3.8) is 0 Å². The fourth-order valence-corrected chi connectivity index (χ4v) is 6.14. The highest BCUT2D eigenvalue weighted by Gasteiger charge is 2.34. The van der Waals surface area contributed by atoms with E-state index in [1.807, 2.05) is 30.3 Å². The van der Waals surface area contributed by atoms with Crippen molar-refractivity contribution in [2.45, 2.75) is 50.7 Å². The van der Waals surface area contributed by atoms with Crippen molar-refractivity contribution in [2.75, 3.05) is 17.1 Å². The molecule has 1 unspecified atom stereocenters. The monoisotopic (exact) mass is 612 g/mol. The van der Waals surface area contributed by atoms with Gasteiger partial charge in [-0.2, -0.15) is 0 Å². The minimum atomic E-state index is -4.06. The lowest BCUT2D eigenvalue weighted by Gasteiger charge is -2.34. The van der Waals surface area contributed by atoms with E-state index >= 15 is 0 Å². The van der Waals surface area contributed by atoms with Gasteiger partial charge in [0.15, 0.2) is 0 Å². The molecule has 1 atom stereocenters. The Morgan fingerprint density at radius 2 is 1.69 bits per heavy atom. The molecule has 1 saturated carbocycles. The summed E-state index contributed by atoms with van der Waals surface area (Å²) < 4.78 is 26.6. The van der Waals surface area contributed by atoms with Gasteiger partial charge in [-0.05, 0) is 36.1 Å². The maximum Gasteiger partial charge on any atom is 0.271 e. The average molecular weight is 613 g/mol. The molecule has 1 aliphatic rings. The van der Waals surface area contributed by atoms with Gasteiger partial charge in [0.2, 0.25) is 21.8 Å². The molecule has 0 spiro atoms. The number of amides is 2. The molecule has 3 aromatic rings. The quantitative estimate of drug-likeness (QED) is 0.233. The molecular weight excluding hydrogens is 580 g/mol. The molecule has 1 N–H and O–H groups in total. The molecule has 4 rings (SSSR count). The first kappa shape index (κ1) is 31.0. The van der Waals surface area contributed by atoms with Crippen LogP contribution in [0.2, 0.25) is 5.02 Å². The number of non-ortho nitro benzene ring substituents is 1. The minimum absolute atomic E-state index is 0.00887. The van der Waals surface area contributed by atoms with Crippen LogP contribution in [0.15, 0.2) is 78.9 Å². The summed E-state index contributed by atoms with van der Waals surface area (Å²) in [4.78, 5) is 40.1. The maximum atomic E-state index is 14.1. The van der Waals surface area contributed by atoms with Crippen molar-refractivity contribution < 1.29 is 22.9 Å². The number of rotatable bonds is 12. The van der Waals surface area contributed by atoms with Crippen LogP contribution in [0.25, 0.3) is 0 Å². The predicted octanol–water partition coefficient (Wildman–Crippen LogP) is 4.71. The number of hydrogen-bond acceptors (Lipinski definition) is 6. The predicted molar refractivity (Wildman–Crippen MR) is 162 cm³/mol. The van der Waals surface area contributed by atoms with Crippen LogP contribution in [-0.2, 0) is 32.6 Å². The third kappa shape index (κ3) is 8.07. The molecule has 222 valence electrons. The van der Waals surface area contributed by atoms with Crippen LogP contribution in [0, 0.1) is 10.1 Å². The third-order valence-corrected chi connectivity index (χ3v) is 8.79. The van der Waals surface area contributed by atoms with E-state index in [-0.39, 0.29) is 36.3 Å². The van der Waals surface area contributed by atoms with Gasteiger partial charge in [-0.25, -0.2) is 8.42 Å². The first-order chi connectivity index (χ1) is 20.0. The molecule has 0 radical (unpaired) electrons.